The quantitative estimate of drug-likeness (QED) is 0.783. The Labute approximate surface area is 165 Å². The molecule has 0 aliphatic carbocycles. The minimum atomic E-state index is -0.0112. The SMILES string of the molecule is CC(c1nc(-c2cccnc2)no1)N1CCCC(CNC(=O)C2CCCN2)C1. The van der Waals surface area contributed by atoms with E-state index >= 15 is 0 Å². The summed E-state index contributed by atoms with van der Waals surface area (Å²) in [7, 11) is 0. The van der Waals surface area contributed by atoms with E-state index in [0.717, 1.165) is 57.4 Å². The maximum atomic E-state index is 12.2. The van der Waals surface area contributed by atoms with Crippen LogP contribution in [0.15, 0.2) is 29.0 Å². The zero-order valence-electron chi connectivity index (χ0n) is 16.3. The molecule has 28 heavy (non-hydrogen) atoms. The first-order chi connectivity index (χ1) is 13.7. The zero-order chi connectivity index (χ0) is 19.3. The van der Waals surface area contributed by atoms with E-state index in [-0.39, 0.29) is 18.0 Å². The van der Waals surface area contributed by atoms with E-state index in [0.29, 0.717) is 17.6 Å². The highest BCUT2D eigenvalue weighted by molar-refractivity contribution is 5.81. The molecule has 2 aromatic heterocycles. The molecule has 2 fully saturated rings. The molecule has 3 unspecified atom stereocenters. The summed E-state index contributed by atoms with van der Waals surface area (Å²) in [5, 5.41) is 10.5. The van der Waals surface area contributed by atoms with Gasteiger partial charge in [0, 0.05) is 31.0 Å². The second-order valence-electron chi connectivity index (χ2n) is 7.77. The lowest BCUT2D eigenvalue weighted by Gasteiger charge is -2.35. The van der Waals surface area contributed by atoms with Crippen LogP contribution in [0.1, 0.15) is 44.5 Å². The van der Waals surface area contributed by atoms with Gasteiger partial charge in [-0.2, -0.15) is 4.98 Å². The summed E-state index contributed by atoms with van der Waals surface area (Å²) in [5.41, 5.74) is 0.851. The van der Waals surface area contributed by atoms with Gasteiger partial charge in [-0.3, -0.25) is 14.7 Å². The lowest BCUT2D eigenvalue weighted by molar-refractivity contribution is -0.123. The fraction of sp³-hybridized carbons (Fsp3) is 0.600. The summed E-state index contributed by atoms with van der Waals surface area (Å²) in [5.74, 6) is 1.78. The Balaban J connectivity index is 1.32. The van der Waals surface area contributed by atoms with E-state index in [1.54, 1.807) is 12.4 Å². The first-order valence-electron chi connectivity index (χ1n) is 10.2. The first kappa shape index (κ1) is 19.0. The van der Waals surface area contributed by atoms with Gasteiger partial charge in [0.05, 0.1) is 12.1 Å². The maximum absolute atomic E-state index is 12.2. The number of nitrogens with zero attached hydrogens (tertiary/aromatic N) is 4. The van der Waals surface area contributed by atoms with Gasteiger partial charge in [-0.1, -0.05) is 5.16 Å². The van der Waals surface area contributed by atoms with Crippen LogP contribution in [0.5, 0.6) is 0 Å². The van der Waals surface area contributed by atoms with Gasteiger partial charge in [0.15, 0.2) is 0 Å². The van der Waals surface area contributed by atoms with Gasteiger partial charge in [0.2, 0.25) is 17.6 Å². The van der Waals surface area contributed by atoms with Crippen molar-refractivity contribution < 1.29 is 9.32 Å². The van der Waals surface area contributed by atoms with Crippen molar-refractivity contribution >= 4 is 5.91 Å². The largest absolute Gasteiger partial charge is 0.354 e. The smallest absolute Gasteiger partial charge is 0.244 e. The molecule has 4 heterocycles. The van der Waals surface area contributed by atoms with Crippen molar-refractivity contribution in [3.8, 4) is 11.4 Å². The van der Waals surface area contributed by atoms with Crippen LogP contribution >= 0.6 is 0 Å². The molecule has 0 radical (unpaired) electrons. The molecule has 0 spiro atoms. The summed E-state index contributed by atoms with van der Waals surface area (Å²) >= 11 is 0. The van der Waals surface area contributed by atoms with Crippen LogP contribution in [0.3, 0.4) is 0 Å². The third kappa shape index (κ3) is 4.39. The van der Waals surface area contributed by atoms with E-state index in [4.69, 9.17) is 4.52 Å². The lowest BCUT2D eigenvalue weighted by Crippen LogP contribution is -2.45. The molecule has 2 aromatic rings. The second kappa shape index (κ2) is 8.79. The topological polar surface area (TPSA) is 96.2 Å². The van der Waals surface area contributed by atoms with Gasteiger partial charge < -0.3 is 15.2 Å². The normalized spacial score (nSPS) is 24.2. The Hall–Kier alpha value is -2.32. The third-order valence-electron chi connectivity index (χ3n) is 5.76. The number of pyridine rings is 1. The van der Waals surface area contributed by atoms with Gasteiger partial charge in [0.25, 0.3) is 0 Å². The van der Waals surface area contributed by atoms with E-state index in [1.807, 2.05) is 12.1 Å². The summed E-state index contributed by atoms with van der Waals surface area (Å²) < 4.78 is 5.53. The average molecular weight is 384 g/mol. The molecule has 2 saturated heterocycles. The number of likely N-dealkylation sites (tertiary alicyclic amines) is 1. The Kier molecular flexibility index (Phi) is 5.97. The van der Waals surface area contributed by atoms with Crippen LogP contribution in [0.4, 0.5) is 0 Å². The highest BCUT2D eigenvalue weighted by Crippen LogP contribution is 2.27. The van der Waals surface area contributed by atoms with Crippen LogP contribution in [0.2, 0.25) is 0 Å². The van der Waals surface area contributed by atoms with Crippen molar-refractivity contribution in [3.05, 3.63) is 30.4 Å². The summed E-state index contributed by atoms with van der Waals surface area (Å²) in [6, 6.07) is 3.82. The molecule has 150 valence electrons. The Bertz CT molecular complexity index is 774. The molecule has 0 aromatic carbocycles. The van der Waals surface area contributed by atoms with Crippen LogP contribution in [0.25, 0.3) is 11.4 Å². The molecule has 8 heteroatoms. The van der Waals surface area contributed by atoms with Gasteiger partial charge >= 0.3 is 0 Å². The number of nitrogens with one attached hydrogen (secondary N) is 2. The number of aromatic nitrogens is 3. The molecule has 0 bridgehead atoms. The molecule has 2 N–H and O–H groups in total. The number of amides is 1. The minimum absolute atomic E-state index is 0.0112. The van der Waals surface area contributed by atoms with E-state index in [1.165, 1.54) is 0 Å². The van der Waals surface area contributed by atoms with Crippen LogP contribution in [-0.4, -0.2) is 58.2 Å². The molecule has 0 saturated carbocycles. The standard InChI is InChI=1S/C20H28N6O2/c1-14(20-24-18(25-28-20)16-6-2-8-21-12-16)26-10-4-5-15(13-26)11-23-19(27)17-7-3-9-22-17/h2,6,8,12,14-15,17,22H,3-5,7,9-11,13H2,1H3,(H,23,27). The number of carbonyl (C=O) groups is 1. The van der Waals surface area contributed by atoms with E-state index < -0.39 is 0 Å². The lowest BCUT2D eigenvalue weighted by atomic mass is 9.96. The Morgan fingerprint density at radius 3 is 3.14 bits per heavy atom. The van der Waals surface area contributed by atoms with Gasteiger partial charge in [-0.25, -0.2) is 0 Å². The molecule has 3 atom stereocenters. The Morgan fingerprint density at radius 1 is 1.43 bits per heavy atom. The zero-order valence-corrected chi connectivity index (χ0v) is 16.3. The summed E-state index contributed by atoms with van der Waals surface area (Å²) in [6.07, 6.45) is 7.72. The van der Waals surface area contributed by atoms with Crippen LogP contribution < -0.4 is 10.6 Å². The van der Waals surface area contributed by atoms with Crippen molar-refractivity contribution in [2.45, 2.75) is 44.7 Å². The monoisotopic (exact) mass is 384 g/mol. The van der Waals surface area contributed by atoms with Crippen molar-refractivity contribution in [1.29, 1.82) is 0 Å². The molecule has 2 aliphatic rings. The van der Waals surface area contributed by atoms with E-state index in [2.05, 4.69) is 37.6 Å². The second-order valence-corrected chi connectivity index (χ2v) is 7.77. The molecule has 8 nitrogen and oxygen atoms in total. The Morgan fingerprint density at radius 2 is 2.36 bits per heavy atom. The fourth-order valence-electron chi connectivity index (χ4n) is 4.07. The highest BCUT2D eigenvalue weighted by atomic mass is 16.5. The van der Waals surface area contributed by atoms with Crippen LogP contribution in [-0.2, 0) is 4.79 Å². The number of hydrogen-bond donors (Lipinski definition) is 2. The van der Waals surface area contributed by atoms with Crippen molar-refractivity contribution in [2.75, 3.05) is 26.2 Å². The highest BCUT2D eigenvalue weighted by Gasteiger charge is 2.29. The van der Waals surface area contributed by atoms with Gasteiger partial charge in [-0.05, 0) is 63.7 Å². The maximum Gasteiger partial charge on any atom is 0.244 e. The van der Waals surface area contributed by atoms with Crippen molar-refractivity contribution in [3.63, 3.8) is 0 Å². The molecule has 2 aliphatic heterocycles. The first-order valence-corrected chi connectivity index (χ1v) is 10.2. The summed E-state index contributed by atoms with van der Waals surface area (Å²) in [6.45, 7) is 5.69. The van der Waals surface area contributed by atoms with E-state index in [9.17, 15) is 4.79 Å². The fourth-order valence-corrected chi connectivity index (χ4v) is 4.07. The van der Waals surface area contributed by atoms with Crippen molar-refractivity contribution in [2.24, 2.45) is 5.92 Å². The predicted molar refractivity (Wildman–Crippen MR) is 104 cm³/mol. The van der Waals surface area contributed by atoms with Gasteiger partial charge in [0.1, 0.15) is 0 Å². The minimum Gasteiger partial charge on any atom is -0.354 e. The number of carbonyl (C=O) groups excluding carboxylic acids is 1. The molecular formula is C20H28N6O2. The summed E-state index contributed by atoms with van der Waals surface area (Å²) in [4.78, 5) is 23.3. The number of piperidine rings is 1. The molecular weight excluding hydrogens is 356 g/mol. The van der Waals surface area contributed by atoms with Crippen LogP contribution in [0, 0.1) is 5.92 Å². The third-order valence-corrected chi connectivity index (χ3v) is 5.76. The molecule has 1 amide bonds. The average Bonchev–Trinajstić information content (AvgIpc) is 3.45. The number of hydrogen-bond acceptors (Lipinski definition) is 7. The predicted octanol–water partition coefficient (Wildman–Crippen LogP) is 1.77. The van der Waals surface area contributed by atoms with Gasteiger partial charge in [-0.15, -0.1) is 0 Å². The number of rotatable bonds is 6. The molecule has 4 rings (SSSR count). The van der Waals surface area contributed by atoms with Crippen molar-refractivity contribution in [1.82, 2.24) is 30.7 Å².